The monoisotopic (exact) mass is 441 g/mol. The van der Waals surface area contributed by atoms with Gasteiger partial charge in [0.25, 0.3) is 5.91 Å². The van der Waals surface area contributed by atoms with Crippen molar-refractivity contribution in [2.75, 3.05) is 13.1 Å². The van der Waals surface area contributed by atoms with Crippen LogP contribution in [0.15, 0.2) is 52.9 Å². The molecule has 5 nitrogen and oxygen atoms in total. The fourth-order valence-electron chi connectivity index (χ4n) is 4.17. The van der Waals surface area contributed by atoms with E-state index < -0.39 is 6.29 Å². The van der Waals surface area contributed by atoms with Gasteiger partial charge in [-0.3, -0.25) is 4.79 Å². The molecule has 3 heterocycles. The highest BCUT2D eigenvalue weighted by Crippen LogP contribution is 2.33. The number of thiophene rings is 1. The summed E-state index contributed by atoms with van der Waals surface area (Å²) in [7, 11) is 0. The molecule has 0 spiro atoms. The van der Waals surface area contributed by atoms with Crippen LogP contribution in [0, 0.1) is 0 Å². The third kappa shape index (κ3) is 5.97. The van der Waals surface area contributed by atoms with Gasteiger partial charge in [-0.2, -0.15) is 11.3 Å². The summed E-state index contributed by atoms with van der Waals surface area (Å²) in [6.07, 6.45) is 7.93. The SMILES string of the molecule is O=C(C1=C[C@@H](c2ccsc2)C[C@@H](OCc2ccc(CO)cc2)O1)N1CCCCCCC1. The minimum absolute atomic E-state index is 0.0114. The molecule has 1 N–H and O–H groups in total. The lowest BCUT2D eigenvalue weighted by Crippen LogP contribution is -2.38. The van der Waals surface area contributed by atoms with Crippen LogP contribution in [0.2, 0.25) is 0 Å². The van der Waals surface area contributed by atoms with Crippen molar-refractivity contribution < 1.29 is 19.4 Å². The summed E-state index contributed by atoms with van der Waals surface area (Å²) in [4.78, 5) is 15.2. The molecule has 0 saturated carbocycles. The highest BCUT2D eigenvalue weighted by atomic mass is 32.1. The van der Waals surface area contributed by atoms with Gasteiger partial charge in [-0.1, -0.05) is 43.5 Å². The molecule has 0 bridgehead atoms. The summed E-state index contributed by atoms with van der Waals surface area (Å²) in [6.45, 7) is 2.02. The number of hydrogen-bond acceptors (Lipinski definition) is 5. The van der Waals surface area contributed by atoms with Crippen molar-refractivity contribution in [2.45, 2.75) is 63.9 Å². The molecule has 2 aliphatic rings. The van der Waals surface area contributed by atoms with Gasteiger partial charge in [0.15, 0.2) is 5.76 Å². The first-order chi connectivity index (χ1) is 15.2. The van der Waals surface area contributed by atoms with Crippen LogP contribution in [-0.2, 0) is 27.5 Å². The normalized spacial score (nSPS) is 22.2. The summed E-state index contributed by atoms with van der Waals surface area (Å²) in [5.41, 5.74) is 3.09. The number of amides is 1. The second-order valence-electron chi connectivity index (χ2n) is 8.32. The zero-order valence-corrected chi connectivity index (χ0v) is 18.7. The van der Waals surface area contributed by atoms with E-state index >= 15 is 0 Å². The topological polar surface area (TPSA) is 59.0 Å². The third-order valence-electron chi connectivity index (χ3n) is 6.02. The van der Waals surface area contributed by atoms with Crippen LogP contribution >= 0.6 is 11.3 Å². The zero-order valence-electron chi connectivity index (χ0n) is 17.9. The molecule has 0 radical (unpaired) electrons. The molecule has 1 amide bonds. The Hall–Kier alpha value is -2.15. The minimum Gasteiger partial charge on any atom is -0.459 e. The third-order valence-corrected chi connectivity index (χ3v) is 6.73. The number of ether oxygens (including phenoxy) is 2. The Morgan fingerprint density at radius 3 is 2.45 bits per heavy atom. The van der Waals surface area contributed by atoms with Gasteiger partial charge in [-0.05, 0) is 52.4 Å². The molecule has 1 aromatic heterocycles. The zero-order chi connectivity index (χ0) is 21.5. The number of aliphatic hydroxyl groups is 1. The number of carbonyl (C=O) groups is 1. The van der Waals surface area contributed by atoms with Gasteiger partial charge >= 0.3 is 0 Å². The Morgan fingerprint density at radius 1 is 1.06 bits per heavy atom. The van der Waals surface area contributed by atoms with Crippen LogP contribution in [0.25, 0.3) is 0 Å². The second kappa shape index (κ2) is 10.9. The molecule has 1 aromatic carbocycles. The van der Waals surface area contributed by atoms with Gasteiger partial charge in [0, 0.05) is 25.4 Å². The second-order valence-corrected chi connectivity index (χ2v) is 9.10. The molecular weight excluding hydrogens is 410 g/mol. The van der Waals surface area contributed by atoms with Crippen LogP contribution in [0.4, 0.5) is 0 Å². The van der Waals surface area contributed by atoms with E-state index in [0.717, 1.165) is 37.1 Å². The van der Waals surface area contributed by atoms with Gasteiger partial charge < -0.3 is 19.5 Å². The largest absolute Gasteiger partial charge is 0.459 e. The first-order valence-corrected chi connectivity index (χ1v) is 12.2. The van der Waals surface area contributed by atoms with E-state index in [0.29, 0.717) is 18.8 Å². The predicted octanol–water partition coefficient (Wildman–Crippen LogP) is 4.96. The number of hydrogen-bond donors (Lipinski definition) is 1. The van der Waals surface area contributed by atoms with Gasteiger partial charge in [-0.25, -0.2) is 0 Å². The lowest BCUT2D eigenvalue weighted by atomic mass is 9.95. The quantitative estimate of drug-likeness (QED) is 0.688. The number of allylic oxidation sites excluding steroid dienone is 1. The number of likely N-dealkylation sites (tertiary alicyclic amines) is 1. The highest BCUT2D eigenvalue weighted by molar-refractivity contribution is 7.08. The Kier molecular flexibility index (Phi) is 7.78. The van der Waals surface area contributed by atoms with Crippen LogP contribution in [-0.4, -0.2) is 35.3 Å². The Labute approximate surface area is 188 Å². The number of rotatable bonds is 6. The van der Waals surface area contributed by atoms with E-state index in [4.69, 9.17) is 9.47 Å². The van der Waals surface area contributed by atoms with E-state index in [1.165, 1.54) is 24.8 Å². The smallest absolute Gasteiger partial charge is 0.288 e. The molecule has 1 fully saturated rings. The molecule has 31 heavy (non-hydrogen) atoms. The average Bonchev–Trinajstić information content (AvgIpc) is 3.32. The number of aliphatic hydroxyl groups excluding tert-OH is 1. The van der Waals surface area contributed by atoms with Crippen molar-refractivity contribution in [2.24, 2.45) is 0 Å². The standard InChI is InChI=1S/C25H31NO4S/c27-16-19-6-8-20(9-7-19)17-29-24-15-22(21-10-13-31-18-21)14-23(30-24)25(28)26-11-4-2-1-3-5-12-26/h6-10,13-14,18,22,24,27H,1-5,11-12,15-17H2/t22-,24+/m1/s1. The maximum absolute atomic E-state index is 13.3. The first kappa shape index (κ1) is 22.1. The maximum Gasteiger partial charge on any atom is 0.288 e. The lowest BCUT2D eigenvalue weighted by molar-refractivity contribution is -0.156. The lowest BCUT2D eigenvalue weighted by Gasteiger charge is -2.32. The van der Waals surface area contributed by atoms with Gasteiger partial charge in [-0.15, -0.1) is 0 Å². The van der Waals surface area contributed by atoms with E-state index in [2.05, 4.69) is 16.8 Å². The van der Waals surface area contributed by atoms with Crippen LogP contribution in [0.3, 0.4) is 0 Å². The molecular formula is C25H31NO4S. The van der Waals surface area contributed by atoms with Crippen molar-refractivity contribution in [1.82, 2.24) is 4.90 Å². The molecule has 2 aliphatic heterocycles. The van der Waals surface area contributed by atoms with E-state index in [-0.39, 0.29) is 18.4 Å². The Bertz CT molecular complexity index is 854. The summed E-state index contributed by atoms with van der Waals surface area (Å²) in [6, 6.07) is 9.80. The van der Waals surface area contributed by atoms with Crippen molar-refractivity contribution in [3.63, 3.8) is 0 Å². The molecule has 0 aliphatic carbocycles. The molecule has 0 unspecified atom stereocenters. The molecule has 6 heteroatoms. The summed E-state index contributed by atoms with van der Waals surface area (Å²) in [5.74, 6) is 0.516. The van der Waals surface area contributed by atoms with Gasteiger partial charge in [0.1, 0.15) is 0 Å². The van der Waals surface area contributed by atoms with Crippen LogP contribution in [0.5, 0.6) is 0 Å². The van der Waals surface area contributed by atoms with Crippen LogP contribution in [0.1, 0.15) is 61.1 Å². The van der Waals surface area contributed by atoms with Crippen molar-refractivity contribution >= 4 is 17.2 Å². The average molecular weight is 442 g/mol. The summed E-state index contributed by atoms with van der Waals surface area (Å²) >= 11 is 1.66. The van der Waals surface area contributed by atoms with E-state index in [9.17, 15) is 9.90 Å². The Morgan fingerprint density at radius 2 is 1.77 bits per heavy atom. The molecule has 166 valence electrons. The first-order valence-electron chi connectivity index (χ1n) is 11.2. The van der Waals surface area contributed by atoms with Crippen molar-refractivity contribution in [1.29, 1.82) is 0 Å². The van der Waals surface area contributed by atoms with E-state index in [1.54, 1.807) is 11.3 Å². The Balaban J connectivity index is 1.46. The minimum atomic E-state index is -0.471. The molecule has 2 atom stereocenters. The predicted molar refractivity (Wildman–Crippen MR) is 121 cm³/mol. The summed E-state index contributed by atoms with van der Waals surface area (Å²) in [5, 5.41) is 13.4. The van der Waals surface area contributed by atoms with Crippen LogP contribution < -0.4 is 0 Å². The molecule has 2 aromatic rings. The van der Waals surface area contributed by atoms with Gasteiger partial charge in [0.05, 0.1) is 13.2 Å². The van der Waals surface area contributed by atoms with E-state index in [1.807, 2.05) is 35.2 Å². The number of carbonyl (C=O) groups excluding carboxylic acids is 1. The molecule has 4 rings (SSSR count). The van der Waals surface area contributed by atoms with Crippen molar-refractivity contribution in [3.8, 4) is 0 Å². The number of benzene rings is 1. The fraction of sp³-hybridized carbons (Fsp3) is 0.480. The highest BCUT2D eigenvalue weighted by Gasteiger charge is 2.31. The maximum atomic E-state index is 13.3. The molecule has 1 saturated heterocycles. The fourth-order valence-corrected chi connectivity index (χ4v) is 4.89. The summed E-state index contributed by atoms with van der Waals surface area (Å²) < 4.78 is 12.2. The number of nitrogens with zero attached hydrogens (tertiary/aromatic N) is 1. The van der Waals surface area contributed by atoms with Crippen molar-refractivity contribution in [3.05, 3.63) is 69.6 Å². The van der Waals surface area contributed by atoms with Gasteiger partial charge in [0.2, 0.25) is 6.29 Å².